The van der Waals surface area contributed by atoms with Gasteiger partial charge in [-0.3, -0.25) is 4.79 Å². The predicted molar refractivity (Wildman–Crippen MR) is 66.1 cm³/mol. The van der Waals surface area contributed by atoms with Gasteiger partial charge >= 0.3 is 0 Å². The van der Waals surface area contributed by atoms with Crippen LogP contribution >= 0.6 is 11.6 Å². The first kappa shape index (κ1) is 12.4. The first-order valence-electron chi connectivity index (χ1n) is 5.12. The summed E-state index contributed by atoms with van der Waals surface area (Å²) in [7, 11) is 0. The van der Waals surface area contributed by atoms with Crippen LogP contribution in [0.25, 0.3) is 0 Å². The average molecular weight is 266 g/mol. The van der Waals surface area contributed by atoms with Crippen molar-refractivity contribution >= 4 is 23.2 Å². The smallest absolute Gasteiger partial charge is 0.258 e. The van der Waals surface area contributed by atoms with Gasteiger partial charge in [-0.25, -0.2) is 4.39 Å². The lowest BCUT2D eigenvalue weighted by Gasteiger charge is -2.06. The van der Waals surface area contributed by atoms with Crippen LogP contribution in [0.3, 0.4) is 0 Å². The number of halogens is 2. The summed E-state index contributed by atoms with van der Waals surface area (Å²) in [6.45, 7) is 1.78. The number of nitrogens with one attached hydrogen (secondary N) is 1. The van der Waals surface area contributed by atoms with E-state index < -0.39 is 11.7 Å². The molecule has 0 spiro atoms. The molecule has 1 amide bonds. The molecule has 0 aliphatic rings. The maximum absolute atomic E-state index is 13.5. The molecule has 0 saturated heterocycles. The first-order valence-corrected chi connectivity index (χ1v) is 5.50. The fraction of sp³-hybridized carbons (Fsp3) is 0.0833. The van der Waals surface area contributed by atoms with Crippen LogP contribution in [0, 0.1) is 12.7 Å². The van der Waals surface area contributed by atoms with Crippen LogP contribution < -0.4 is 5.32 Å². The van der Waals surface area contributed by atoms with Crippen molar-refractivity contribution in [2.24, 2.45) is 0 Å². The van der Waals surface area contributed by atoms with Gasteiger partial charge in [-0.2, -0.15) is 5.10 Å². The Kier molecular flexibility index (Phi) is 3.53. The molecular formula is C12H9ClFN3O. The minimum Gasteiger partial charge on any atom is -0.320 e. The van der Waals surface area contributed by atoms with E-state index in [9.17, 15) is 9.18 Å². The summed E-state index contributed by atoms with van der Waals surface area (Å²) >= 11 is 5.63. The largest absolute Gasteiger partial charge is 0.320 e. The zero-order valence-corrected chi connectivity index (χ0v) is 10.2. The zero-order chi connectivity index (χ0) is 13.1. The molecule has 2 rings (SSSR count). The fourth-order valence-electron chi connectivity index (χ4n) is 1.42. The molecule has 4 nitrogen and oxygen atoms in total. The van der Waals surface area contributed by atoms with Crippen molar-refractivity contribution in [2.45, 2.75) is 6.92 Å². The molecular weight excluding hydrogens is 257 g/mol. The summed E-state index contributed by atoms with van der Waals surface area (Å²) in [6, 6.07) is 5.75. The number of nitrogens with zero attached hydrogens (tertiary/aromatic N) is 2. The van der Waals surface area contributed by atoms with Crippen molar-refractivity contribution in [3.63, 3.8) is 0 Å². The van der Waals surface area contributed by atoms with Gasteiger partial charge in [0.05, 0.1) is 17.4 Å². The molecule has 1 aromatic heterocycles. The quantitative estimate of drug-likeness (QED) is 0.908. The lowest BCUT2D eigenvalue weighted by atomic mass is 10.1. The molecule has 1 aromatic carbocycles. The van der Waals surface area contributed by atoms with Gasteiger partial charge in [0.15, 0.2) is 5.15 Å². The van der Waals surface area contributed by atoms with Gasteiger partial charge < -0.3 is 5.32 Å². The lowest BCUT2D eigenvalue weighted by molar-refractivity contribution is 0.102. The molecule has 18 heavy (non-hydrogen) atoms. The molecule has 0 unspecified atom stereocenters. The van der Waals surface area contributed by atoms with Crippen molar-refractivity contribution in [2.75, 3.05) is 5.32 Å². The fourth-order valence-corrected chi connectivity index (χ4v) is 1.58. The third-order valence-electron chi connectivity index (χ3n) is 2.25. The van der Waals surface area contributed by atoms with E-state index in [1.54, 1.807) is 13.0 Å². The number of anilines is 1. The van der Waals surface area contributed by atoms with E-state index in [2.05, 4.69) is 15.5 Å². The normalized spacial score (nSPS) is 10.2. The Labute approximate surface area is 108 Å². The molecule has 2 aromatic rings. The topological polar surface area (TPSA) is 54.9 Å². The van der Waals surface area contributed by atoms with Gasteiger partial charge in [-0.15, -0.1) is 5.10 Å². The Morgan fingerprint density at radius 1 is 1.39 bits per heavy atom. The highest BCUT2D eigenvalue weighted by Gasteiger charge is 2.12. The Balaban J connectivity index is 2.24. The second-order valence-corrected chi connectivity index (χ2v) is 4.09. The number of hydrogen-bond acceptors (Lipinski definition) is 3. The van der Waals surface area contributed by atoms with E-state index in [-0.39, 0.29) is 10.7 Å². The maximum Gasteiger partial charge on any atom is 0.258 e. The number of hydrogen-bond donors (Lipinski definition) is 1. The van der Waals surface area contributed by atoms with Crippen molar-refractivity contribution in [1.82, 2.24) is 10.2 Å². The van der Waals surface area contributed by atoms with E-state index in [1.165, 1.54) is 24.4 Å². The highest BCUT2D eigenvalue weighted by atomic mass is 35.5. The first-order chi connectivity index (χ1) is 8.56. The molecule has 1 N–H and O–H groups in total. The molecule has 0 bridgehead atoms. The summed E-state index contributed by atoms with van der Waals surface area (Å²) in [6.07, 6.45) is 1.33. The SMILES string of the molecule is Cc1ccc(F)c(C(=O)Nc2cnnc(Cl)c2)c1. The summed E-state index contributed by atoms with van der Waals surface area (Å²) in [4.78, 5) is 11.9. The van der Waals surface area contributed by atoms with E-state index >= 15 is 0 Å². The minimum absolute atomic E-state index is 0.0251. The summed E-state index contributed by atoms with van der Waals surface area (Å²) in [5.41, 5.74) is 1.14. The van der Waals surface area contributed by atoms with Crippen LogP contribution in [-0.4, -0.2) is 16.1 Å². The van der Waals surface area contributed by atoms with Gasteiger partial charge in [0.25, 0.3) is 5.91 Å². The molecule has 0 radical (unpaired) electrons. The minimum atomic E-state index is -0.578. The second kappa shape index (κ2) is 5.10. The number of carbonyl (C=O) groups excluding carboxylic acids is 1. The van der Waals surface area contributed by atoms with Crippen LogP contribution in [0.1, 0.15) is 15.9 Å². The second-order valence-electron chi connectivity index (χ2n) is 3.70. The molecule has 6 heteroatoms. The maximum atomic E-state index is 13.5. The standard InChI is InChI=1S/C12H9ClFN3O/c1-7-2-3-10(14)9(4-7)12(18)16-8-5-11(13)17-15-6-8/h2-6H,1H3,(H,16,17,18). The Morgan fingerprint density at radius 2 is 2.17 bits per heavy atom. The van der Waals surface area contributed by atoms with Crippen LogP contribution in [0.5, 0.6) is 0 Å². The average Bonchev–Trinajstić information content (AvgIpc) is 2.32. The lowest BCUT2D eigenvalue weighted by Crippen LogP contribution is -2.14. The number of aryl methyl sites for hydroxylation is 1. The summed E-state index contributed by atoms with van der Waals surface area (Å²) < 4.78 is 13.5. The van der Waals surface area contributed by atoms with Gasteiger partial charge in [-0.05, 0) is 19.1 Å². The van der Waals surface area contributed by atoms with Gasteiger partial charge in [-0.1, -0.05) is 23.2 Å². The van der Waals surface area contributed by atoms with E-state index in [0.717, 1.165) is 5.56 Å². The van der Waals surface area contributed by atoms with Crippen LogP contribution in [0.15, 0.2) is 30.5 Å². The Bertz CT molecular complexity index is 604. The molecule has 0 atom stereocenters. The number of aromatic nitrogens is 2. The van der Waals surface area contributed by atoms with Crippen molar-refractivity contribution in [3.05, 3.63) is 52.6 Å². The summed E-state index contributed by atoms with van der Waals surface area (Å²) in [5, 5.41) is 9.77. The molecule has 0 saturated carbocycles. The molecule has 92 valence electrons. The van der Waals surface area contributed by atoms with Crippen LogP contribution in [0.2, 0.25) is 5.15 Å². The van der Waals surface area contributed by atoms with Crippen molar-refractivity contribution < 1.29 is 9.18 Å². The van der Waals surface area contributed by atoms with Crippen LogP contribution in [0.4, 0.5) is 10.1 Å². The molecule has 0 fully saturated rings. The Hall–Kier alpha value is -2.01. The highest BCUT2D eigenvalue weighted by Crippen LogP contribution is 2.14. The van der Waals surface area contributed by atoms with Gasteiger partial charge in [0.1, 0.15) is 5.82 Å². The van der Waals surface area contributed by atoms with Crippen molar-refractivity contribution in [1.29, 1.82) is 0 Å². The number of benzene rings is 1. The van der Waals surface area contributed by atoms with E-state index in [1.807, 2.05) is 0 Å². The number of rotatable bonds is 2. The Morgan fingerprint density at radius 3 is 2.89 bits per heavy atom. The third kappa shape index (κ3) is 2.81. The van der Waals surface area contributed by atoms with E-state index in [0.29, 0.717) is 5.69 Å². The third-order valence-corrected chi connectivity index (χ3v) is 2.43. The highest BCUT2D eigenvalue weighted by molar-refractivity contribution is 6.29. The number of amides is 1. The summed E-state index contributed by atoms with van der Waals surface area (Å²) in [5.74, 6) is -1.13. The monoisotopic (exact) mass is 265 g/mol. The van der Waals surface area contributed by atoms with Crippen molar-refractivity contribution in [3.8, 4) is 0 Å². The molecule has 1 heterocycles. The van der Waals surface area contributed by atoms with Gasteiger partial charge in [0, 0.05) is 6.07 Å². The molecule has 0 aliphatic carbocycles. The molecule has 0 aliphatic heterocycles. The number of carbonyl (C=O) groups is 1. The van der Waals surface area contributed by atoms with E-state index in [4.69, 9.17) is 11.6 Å². The zero-order valence-electron chi connectivity index (χ0n) is 9.45. The van der Waals surface area contributed by atoms with Crippen LogP contribution in [-0.2, 0) is 0 Å². The van der Waals surface area contributed by atoms with Gasteiger partial charge in [0.2, 0.25) is 0 Å². The predicted octanol–water partition coefficient (Wildman–Crippen LogP) is 2.83.